The summed E-state index contributed by atoms with van der Waals surface area (Å²) >= 11 is 0. The molecular formula is C11H20N2O3. The number of carbonyl (C=O) groups excluding carboxylic acids is 1. The summed E-state index contributed by atoms with van der Waals surface area (Å²) in [5, 5.41) is 11.5. The predicted molar refractivity (Wildman–Crippen MR) is 59.8 cm³/mol. The normalized spacial score (nSPS) is 20.9. The Labute approximate surface area is 95.4 Å². The number of hydrogen-bond acceptors (Lipinski definition) is 3. The van der Waals surface area contributed by atoms with Crippen LogP contribution in [-0.4, -0.2) is 28.6 Å². The summed E-state index contributed by atoms with van der Waals surface area (Å²) in [7, 11) is 0. The molecule has 0 aromatic heterocycles. The van der Waals surface area contributed by atoms with Crippen molar-refractivity contribution in [2.45, 2.75) is 51.1 Å². The van der Waals surface area contributed by atoms with Crippen molar-refractivity contribution < 1.29 is 14.7 Å². The second kappa shape index (κ2) is 4.82. The van der Waals surface area contributed by atoms with Gasteiger partial charge in [-0.15, -0.1) is 0 Å². The number of carboxylic acids is 1. The van der Waals surface area contributed by atoms with Gasteiger partial charge in [-0.3, -0.25) is 4.79 Å². The van der Waals surface area contributed by atoms with E-state index in [4.69, 9.17) is 10.8 Å². The molecule has 0 bridgehead atoms. The highest BCUT2D eigenvalue weighted by molar-refractivity contribution is 5.86. The van der Waals surface area contributed by atoms with Crippen LogP contribution in [0.4, 0.5) is 0 Å². The summed E-state index contributed by atoms with van der Waals surface area (Å²) in [5.41, 5.74) is 4.63. The van der Waals surface area contributed by atoms with Crippen LogP contribution in [-0.2, 0) is 9.59 Å². The zero-order chi connectivity index (χ0) is 12.3. The van der Waals surface area contributed by atoms with Crippen LogP contribution in [0.3, 0.4) is 0 Å². The third kappa shape index (κ3) is 3.20. The molecule has 4 N–H and O–H groups in total. The third-order valence-electron chi connectivity index (χ3n) is 3.24. The average Bonchev–Trinajstić information content (AvgIpc) is 2.99. The van der Waals surface area contributed by atoms with Crippen molar-refractivity contribution in [3.8, 4) is 0 Å². The molecule has 1 aliphatic carbocycles. The Balaban J connectivity index is 2.45. The van der Waals surface area contributed by atoms with Crippen molar-refractivity contribution >= 4 is 11.9 Å². The van der Waals surface area contributed by atoms with Gasteiger partial charge in [0.1, 0.15) is 5.54 Å². The summed E-state index contributed by atoms with van der Waals surface area (Å²) in [4.78, 5) is 22.6. The number of carboxylic acid groups (broad SMARTS) is 1. The van der Waals surface area contributed by atoms with E-state index in [-0.39, 0.29) is 18.4 Å². The lowest BCUT2D eigenvalue weighted by Gasteiger charge is -2.25. The van der Waals surface area contributed by atoms with Crippen molar-refractivity contribution in [1.29, 1.82) is 0 Å². The van der Waals surface area contributed by atoms with Crippen LogP contribution in [0.15, 0.2) is 0 Å². The van der Waals surface area contributed by atoms with Gasteiger partial charge < -0.3 is 16.2 Å². The summed E-state index contributed by atoms with van der Waals surface area (Å²) in [6, 6.07) is -0.130. The molecule has 16 heavy (non-hydrogen) atoms. The van der Waals surface area contributed by atoms with Crippen molar-refractivity contribution in [2.24, 2.45) is 11.7 Å². The van der Waals surface area contributed by atoms with Gasteiger partial charge >= 0.3 is 5.97 Å². The highest BCUT2D eigenvalue weighted by atomic mass is 16.4. The molecule has 5 heteroatoms. The highest BCUT2D eigenvalue weighted by Crippen LogP contribution is 2.32. The lowest BCUT2D eigenvalue weighted by molar-refractivity contribution is -0.147. The lowest BCUT2D eigenvalue weighted by atomic mass is 9.98. The topological polar surface area (TPSA) is 92.4 Å². The monoisotopic (exact) mass is 228 g/mol. The minimum Gasteiger partial charge on any atom is -0.480 e. The Hall–Kier alpha value is -1.10. The van der Waals surface area contributed by atoms with Crippen LogP contribution < -0.4 is 11.1 Å². The van der Waals surface area contributed by atoms with E-state index in [1.54, 1.807) is 6.92 Å². The first-order chi connectivity index (χ1) is 7.39. The molecule has 5 nitrogen and oxygen atoms in total. The molecular weight excluding hydrogens is 208 g/mol. The molecule has 0 aromatic carbocycles. The maximum Gasteiger partial charge on any atom is 0.329 e. The number of carbonyl (C=O) groups is 2. The second-order valence-corrected chi connectivity index (χ2v) is 4.74. The second-order valence-electron chi connectivity index (χ2n) is 4.74. The van der Waals surface area contributed by atoms with Gasteiger partial charge in [-0.25, -0.2) is 4.79 Å². The van der Waals surface area contributed by atoms with Gasteiger partial charge in [0.25, 0.3) is 0 Å². The maximum atomic E-state index is 11.6. The van der Waals surface area contributed by atoms with Gasteiger partial charge in [0, 0.05) is 12.5 Å². The number of aliphatic carboxylic acids is 1. The van der Waals surface area contributed by atoms with Crippen LogP contribution >= 0.6 is 0 Å². The van der Waals surface area contributed by atoms with Gasteiger partial charge in [0.2, 0.25) is 5.91 Å². The van der Waals surface area contributed by atoms with Crippen LogP contribution in [0.1, 0.15) is 39.5 Å². The minimum atomic E-state index is -1.18. The number of amides is 1. The van der Waals surface area contributed by atoms with Gasteiger partial charge in [-0.05, 0) is 32.1 Å². The summed E-state index contributed by atoms with van der Waals surface area (Å²) in [6.07, 6.45) is 2.73. The van der Waals surface area contributed by atoms with E-state index in [1.165, 1.54) is 6.92 Å². The highest BCUT2D eigenvalue weighted by Gasteiger charge is 2.35. The summed E-state index contributed by atoms with van der Waals surface area (Å²) in [5.74, 6) is -0.835. The zero-order valence-electron chi connectivity index (χ0n) is 9.82. The van der Waals surface area contributed by atoms with E-state index in [1.807, 2.05) is 0 Å². The first kappa shape index (κ1) is 13.0. The third-order valence-corrected chi connectivity index (χ3v) is 3.24. The molecule has 0 saturated heterocycles. The zero-order valence-corrected chi connectivity index (χ0v) is 9.82. The molecule has 1 fully saturated rings. The molecule has 1 aliphatic rings. The van der Waals surface area contributed by atoms with Gasteiger partial charge in [0.05, 0.1) is 0 Å². The molecule has 0 aromatic rings. The number of rotatable bonds is 6. The Morgan fingerprint density at radius 3 is 2.50 bits per heavy atom. The summed E-state index contributed by atoms with van der Waals surface area (Å²) < 4.78 is 0. The van der Waals surface area contributed by atoms with Crippen LogP contribution in [0.2, 0.25) is 0 Å². The molecule has 2 unspecified atom stereocenters. The Kier molecular flexibility index (Phi) is 3.91. The SMILES string of the molecule is CCC(C)(NC(=O)CC(N)C1CC1)C(=O)O. The number of nitrogens with two attached hydrogens (primary N) is 1. The van der Waals surface area contributed by atoms with Crippen LogP contribution in [0, 0.1) is 5.92 Å². The molecule has 92 valence electrons. The number of nitrogens with one attached hydrogen (secondary N) is 1. The summed E-state index contributed by atoms with van der Waals surface area (Å²) in [6.45, 7) is 3.24. The van der Waals surface area contributed by atoms with E-state index in [0.29, 0.717) is 12.3 Å². The Bertz CT molecular complexity index is 289. The van der Waals surface area contributed by atoms with E-state index in [2.05, 4.69) is 5.32 Å². The molecule has 0 heterocycles. The quantitative estimate of drug-likeness (QED) is 0.616. The molecule has 0 aliphatic heterocycles. The minimum absolute atomic E-state index is 0.130. The standard InChI is InChI=1S/C11H20N2O3/c1-3-11(2,10(15)16)13-9(14)6-8(12)7-4-5-7/h7-8H,3-6,12H2,1-2H3,(H,13,14)(H,15,16). The van der Waals surface area contributed by atoms with Gasteiger partial charge in [0.15, 0.2) is 0 Å². The maximum absolute atomic E-state index is 11.6. The van der Waals surface area contributed by atoms with Crippen LogP contribution in [0.5, 0.6) is 0 Å². The lowest BCUT2D eigenvalue weighted by Crippen LogP contribution is -2.52. The molecule has 2 atom stereocenters. The predicted octanol–water partition coefficient (Wildman–Crippen LogP) is 0.483. The smallest absolute Gasteiger partial charge is 0.329 e. The fraction of sp³-hybridized carbons (Fsp3) is 0.818. The number of hydrogen-bond donors (Lipinski definition) is 3. The largest absolute Gasteiger partial charge is 0.480 e. The van der Waals surface area contributed by atoms with Crippen molar-refractivity contribution in [1.82, 2.24) is 5.32 Å². The Morgan fingerprint density at radius 1 is 1.56 bits per heavy atom. The molecule has 1 rings (SSSR count). The van der Waals surface area contributed by atoms with E-state index in [9.17, 15) is 9.59 Å². The van der Waals surface area contributed by atoms with Gasteiger partial charge in [-0.1, -0.05) is 6.92 Å². The van der Waals surface area contributed by atoms with Crippen molar-refractivity contribution in [3.05, 3.63) is 0 Å². The average molecular weight is 228 g/mol. The van der Waals surface area contributed by atoms with Crippen LogP contribution in [0.25, 0.3) is 0 Å². The van der Waals surface area contributed by atoms with Crippen molar-refractivity contribution in [3.63, 3.8) is 0 Å². The van der Waals surface area contributed by atoms with E-state index in [0.717, 1.165) is 12.8 Å². The fourth-order valence-electron chi connectivity index (χ4n) is 1.56. The first-order valence-corrected chi connectivity index (χ1v) is 5.69. The molecule has 0 spiro atoms. The first-order valence-electron chi connectivity index (χ1n) is 5.69. The molecule has 1 amide bonds. The van der Waals surface area contributed by atoms with Crippen molar-refractivity contribution in [2.75, 3.05) is 0 Å². The molecule has 0 radical (unpaired) electrons. The Morgan fingerprint density at radius 2 is 2.12 bits per heavy atom. The van der Waals surface area contributed by atoms with E-state index >= 15 is 0 Å². The van der Waals surface area contributed by atoms with Gasteiger partial charge in [-0.2, -0.15) is 0 Å². The fourth-order valence-corrected chi connectivity index (χ4v) is 1.56. The van der Waals surface area contributed by atoms with E-state index < -0.39 is 11.5 Å². The molecule has 1 saturated carbocycles.